The molecule has 4 aromatic carbocycles. The van der Waals surface area contributed by atoms with Crippen molar-refractivity contribution in [1.29, 1.82) is 0 Å². The van der Waals surface area contributed by atoms with E-state index in [0.717, 1.165) is 36.7 Å². The van der Waals surface area contributed by atoms with E-state index in [1.807, 2.05) is 12.2 Å². The van der Waals surface area contributed by atoms with E-state index in [4.69, 9.17) is 0 Å². The van der Waals surface area contributed by atoms with Crippen LogP contribution in [0.1, 0.15) is 92.5 Å². The molecule has 0 aliphatic heterocycles. The third-order valence-electron chi connectivity index (χ3n) is 7.79. The fourth-order valence-corrected chi connectivity index (χ4v) is 6.13. The summed E-state index contributed by atoms with van der Waals surface area (Å²) < 4.78 is 1.47. The van der Waals surface area contributed by atoms with Crippen LogP contribution in [0.3, 0.4) is 0 Å². The van der Waals surface area contributed by atoms with Crippen molar-refractivity contribution in [3.8, 4) is 11.1 Å². The SMILES string of the molecule is CC(C)(C)c1c[c-]c2c(c1)-c1cc(C(C)(C)C)ccc1C2.Cc1ccc([C](=[Hf+2])c2ccc(C)cc2)cc1.Cl.Cl.[C-]1=CC=CC1. The van der Waals surface area contributed by atoms with Crippen LogP contribution < -0.4 is 0 Å². The maximum absolute atomic E-state index is 3.53. The van der Waals surface area contributed by atoms with E-state index in [2.05, 4.69) is 152 Å². The summed E-state index contributed by atoms with van der Waals surface area (Å²) in [4.78, 5) is 0. The van der Waals surface area contributed by atoms with Crippen LogP contribution in [-0.2, 0) is 41.1 Å². The first-order valence-corrected chi connectivity index (χ1v) is 16.8. The molecule has 3 heteroatoms. The topological polar surface area (TPSA) is 0 Å². The molecule has 0 saturated heterocycles. The monoisotopic (exact) mass is 788 g/mol. The molecule has 0 spiro atoms. The van der Waals surface area contributed by atoms with E-state index in [0.29, 0.717) is 0 Å². The fourth-order valence-electron chi connectivity index (χ4n) is 4.93. The zero-order valence-electron chi connectivity index (χ0n) is 27.5. The van der Waals surface area contributed by atoms with Crippen molar-refractivity contribution < 1.29 is 23.9 Å². The summed E-state index contributed by atoms with van der Waals surface area (Å²) in [5, 5.41) is 0. The van der Waals surface area contributed by atoms with Gasteiger partial charge in [0.1, 0.15) is 0 Å². The molecule has 0 saturated carbocycles. The van der Waals surface area contributed by atoms with Gasteiger partial charge in [-0.05, 0) is 17.4 Å². The Morgan fingerprint density at radius 3 is 1.64 bits per heavy atom. The van der Waals surface area contributed by atoms with Crippen molar-refractivity contribution in [3.05, 3.63) is 154 Å². The Bertz CT molecular complexity index is 1470. The zero-order valence-corrected chi connectivity index (χ0v) is 32.7. The third kappa shape index (κ3) is 10.1. The van der Waals surface area contributed by atoms with Crippen LogP contribution in [0.25, 0.3) is 11.1 Å². The van der Waals surface area contributed by atoms with Gasteiger partial charge in [0.2, 0.25) is 0 Å². The summed E-state index contributed by atoms with van der Waals surface area (Å²) in [6.07, 6.45) is 11.0. The summed E-state index contributed by atoms with van der Waals surface area (Å²) in [5.41, 5.74) is 14.1. The van der Waals surface area contributed by atoms with Crippen molar-refractivity contribution >= 4 is 28.1 Å². The molecule has 2 aliphatic carbocycles. The number of benzene rings is 4. The van der Waals surface area contributed by atoms with Crippen LogP contribution in [0, 0.1) is 26.0 Å². The van der Waals surface area contributed by atoms with Gasteiger partial charge >= 0.3 is 112 Å². The Labute approximate surface area is 294 Å². The number of aryl methyl sites for hydroxylation is 2. The third-order valence-corrected chi connectivity index (χ3v) is 9.87. The molecule has 0 unspecified atom stereocenters. The first-order valence-electron chi connectivity index (χ1n) is 15.0. The van der Waals surface area contributed by atoms with Crippen LogP contribution in [0.5, 0.6) is 0 Å². The summed E-state index contributed by atoms with van der Waals surface area (Å²) >= 11 is 1.08. The van der Waals surface area contributed by atoms with Gasteiger partial charge < -0.3 is 0 Å². The Morgan fingerprint density at radius 2 is 1.20 bits per heavy atom. The maximum atomic E-state index is 3.53. The number of allylic oxidation sites excluding steroid dienone is 4. The Kier molecular flexibility index (Phi) is 14.0. The average Bonchev–Trinajstić information content (AvgIpc) is 3.64. The molecule has 0 fully saturated rings. The molecule has 0 atom stereocenters. The van der Waals surface area contributed by atoms with Gasteiger partial charge in [0.05, 0.1) is 0 Å². The fraction of sp³-hybridized carbons (Fsp3) is 0.293. The van der Waals surface area contributed by atoms with E-state index >= 15 is 0 Å². The second-order valence-corrected chi connectivity index (χ2v) is 15.2. The van der Waals surface area contributed by atoms with E-state index in [1.165, 1.54) is 58.9 Å². The van der Waals surface area contributed by atoms with Crippen molar-refractivity contribution in [2.45, 2.75) is 79.1 Å². The predicted octanol–water partition coefficient (Wildman–Crippen LogP) is 11.2. The van der Waals surface area contributed by atoms with Gasteiger partial charge in [-0.2, -0.15) is 35.4 Å². The standard InChI is InChI=1S/C21H25.C15H14.C5H5.2ClH.Hf/c1-20(2,3)16-9-7-14-11-15-8-10-17(21(4,5)6)13-19(15)18(14)12-16;1-12-3-7-14(8-4-12)11-15-9-5-13(2)6-10-15;1-2-4-5-3-1;;;/h7,9-10,12-13H,11H2,1-6H3;3-10H,1-2H3;1-3H,4H2;2*1H;/q-1;;-1;;;+2. The molecule has 0 radical (unpaired) electrons. The number of hydrogen-bond acceptors (Lipinski definition) is 0. The number of rotatable bonds is 2. The minimum atomic E-state index is 0. The van der Waals surface area contributed by atoms with E-state index < -0.39 is 0 Å². The van der Waals surface area contributed by atoms with Crippen molar-refractivity contribution in [2.75, 3.05) is 0 Å². The molecule has 2 aliphatic rings. The van der Waals surface area contributed by atoms with E-state index in [9.17, 15) is 0 Å². The minimum absolute atomic E-state index is 0. The summed E-state index contributed by atoms with van der Waals surface area (Å²) in [7, 11) is 0. The molecule has 0 aromatic heterocycles. The van der Waals surface area contributed by atoms with Gasteiger partial charge in [-0.3, -0.25) is 6.08 Å². The van der Waals surface area contributed by atoms with E-state index in [1.54, 1.807) is 0 Å². The average molecular weight is 788 g/mol. The number of hydrogen-bond donors (Lipinski definition) is 0. The minimum Gasteiger partial charge on any atom is -0.273 e. The van der Waals surface area contributed by atoms with Gasteiger partial charge in [0, 0.05) is 0 Å². The van der Waals surface area contributed by atoms with Crippen LogP contribution in [0.15, 0.2) is 97.1 Å². The first-order chi connectivity index (χ1) is 19.8. The van der Waals surface area contributed by atoms with Gasteiger partial charge in [0.25, 0.3) is 0 Å². The van der Waals surface area contributed by atoms with Crippen molar-refractivity contribution in [3.63, 3.8) is 0 Å². The molecule has 44 heavy (non-hydrogen) atoms. The molecule has 0 bridgehead atoms. The summed E-state index contributed by atoms with van der Waals surface area (Å²) in [6.45, 7) is 17.9. The molecule has 0 N–H and O–H groups in total. The normalized spacial score (nSPS) is 12.4. The molecule has 0 amide bonds. The molecule has 0 nitrogen and oxygen atoms in total. The van der Waals surface area contributed by atoms with Gasteiger partial charge in [-0.25, -0.2) is 12.2 Å². The molecular formula is C41H46Cl2Hf. The second kappa shape index (κ2) is 16.3. The molecule has 6 rings (SSSR count). The van der Waals surface area contributed by atoms with Crippen molar-refractivity contribution in [1.82, 2.24) is 0 Å². The first kappa shape index (κ1) is 37.9. The van der Waals surface area contributed by atoms with Gasteiger partial charge in [-0.15, -0.1) is 36.8 Å². The van der Waals surface area contributed by atoms with E-state index in [-0.39, 0.29) is 35.6 Å². The van der Waals surface area contributed by atoms with Gasteiger partial charge in [-0.1, -0.05) is 76.3 Å². The zero-order chi connectivity index (χ0) is 30.5. The number of halogens is 2. The molecule has 228 valence electrons. The molecular weight excluding hydrogens is 742 g/mol. The molecule has 4 aromatic rings. The Balaban J connectivity index is 0.000000260. The van der Waals surface area contributed by atoms with Crippen molar-refractivity contribution in [2.24, 2.45) is 0 Å². The van der Waals surface area contributed by atoms with Crippen LogP contribution >= 0.6 is 24.8 Å². The smallest absolute Gasteiger partial charge is 0.109 e. The summed E-state index contributed by atoms with van der Waals surface area (Å²) in [6, 6.07) is 32.7. The second-order valence-electron chi connectivity index (χ2n) is 13.4. The quantitative estimate of drug-likeness (QED) is 0.123. The largest absolute Gasteiger partial charge is 0.273 e. The van der Waals surface area contributed by atoms with Crippen LogP contribution in [-0.4, -0.2) is 3.26 Å². The predicted molar refractivity (Wildman–Crippen MR) is 193 cm³/mol. The number of fused-ring (bicyclic) bond motifs is 3. The Morgan fingerprint density at radius 1 is 0.682 bits per heavy atom. The summed E-state index contributed by atoms with van der Waals surface area (Å²) in [5.74, 6) is 0. The van der Waals surface area contributed by atoms with Crippen LogP contribution in [0.4, 0.5) is 0 Å². The maximum Gasteiger partial charge on any atom is -0.109 e. The van der Waals surface area contributed by atoms with Crippen LogP contribution in [0.2, 0.25) is 0 Å². The van der Waals surface area contributed by atoms with Gasteiger partial charge in [0.15, 0.2) is 0 Å². The molecule has 0 heterocycles. The Hall–Kier alpha value is -2.32.